The molecule has 0 N–H and O–H groups in total. The molecule has 0 saturated carbocycles. The van der Waals surface area contributed by atoms with Gasteiger partial charge in [-0.15, -0.1) is 0 Å². The molecule has 20 heavy (non-hydrogen) atoms. The Balaban J connectivity index is 1.97. The Labute approximate surface area is 136 Å². The van der Waals surface area contributed by atoms with Crippen LogP contribution in [0.2, 0.25) is 0 Å². The smallest absolute Gasteiger partial charge is 0.173 e. The number of halogens is 2. The molecule has 0 aliphatic carbocycles. The zero-order valence-electron chi connectivity index (χ0n) is 11.1. The quantitative estimate of drug-likeness (QED) is 0.559. The number of nitrogens with zero attached hydrogens (tertiary/aromatic N) is 1. The predicted octanol–water partition coefficient (Wildman–Crippen LogP) is 3.44. The summed E-state index contributed by atoms with van der Waals surface area (Å²) in [5.74, 6) is 0.598. The minimum absolute atomic E-state index is 0.0955. The van der Waals surface area contributed by atoms with Gasteiger partial charge in [0.25, 0.3) is 0 Å². The van der Waals surface area contributed by atoms with Crippen molar-refractivity contribution in [1.29, 1.82) is 0 Å². The van der Waals surface area contributed by atoms with Crippen molar-refractivity contribution in [3.8, 4) is 0 Å². The van der Waals surface area contributed by atoms with Gasteiger partial charge in [-0.05, 0) is 37.1 Å². The molecule has 1 aromatic rings. The molecule has 0 radical (unpaired) electrons. The molecule has 1 aliphatic rings. The molecule has 1 fully saturated rings. The van der Waals surface area contributed by atoms with Crippen LogP contribution in [-0.2, 0) is 4.79 Å². The predicted molar refractivity (Wildman–Crippen MR) is 88.3 cm³/mol. The topological polar surface area (TPSA) is 37.4 Å². The van der Waals surface area contributed by atoms with Crippen molar-refractivity contribution in [2.24, 2.45) is 5.92 Å². The minimum atomic E-state index is 0.0955. The van der Waals surface area contributed by atoms with Gasteiger partial charge in [0.1, 0.15) is 5.78 Å². The van der Waals surface area contributed by atoms with Gasteiger partial charge >= 0.3 is 0 Å². The van der Waals surface area contributed by atoms with Crippen LogP contribution in [0.15, 0.2) is 24.3 Å². The third kappa shape index (κ3) is 3.70. The van der Waals surface area contributed by atoms with Crippen LogP contribution in [0.25, 0.3) is 0 Å². The van der Waals surface area contributed by atoms with Gasteiger partial charge in [-0.25, -0.2) is 0 Å². The van der Waals surface area contributed by atoms with Crippen molar-refractivity contribution in [3.63, 3.8) is 0 Å². The van der Waals surface area contributed by atoms with E-state index >= 15 is 0 Å². The lowest BCUT2D eigenvalue weighted by molar-refractivity contribution is -0.120. The van der Waals surface area contributed by atoms with Crippen molar-refractivity contribution in [2.45, 2.75) is 12.8 Å². The SMILES string of the molecule is O=C(CBr)c1ccc(N2CCC(C(=O)CBr)CC2)cc1. The lowest BCUT2D eigenvalue weighted by atomic mass is 9.93. The first-order valence-electron chi connectivity index (χ1n) is 6.68. The molecular weight excluding hydrogens is 386 g/mol. The average Bonchev–Trinajstić information content (AvgIpc) is 2.53. The van der Waals surface area contributed by atoms with E-state index in [4.69, 9.17) is 0 Å². The second-order valence-corrected chi connectivity index (χ2v) is 6.09. The standard InChI is InChI=1S/C15H17Br2NO2/c16-9-14(19)11-1-3-13(4-2-11)18-7-5-12(6-8-18)15(20)10-17/h1-4,12H,5-10H2. The molecule has 0 unspecified atom stereocenters. The number of carbonyl (C=O) groups excluding carboxylic acids is 2. The molecule has 108 valence electrons. The van der Waals surface area contributed by atoms with Crippen LogP contribution in [0.3, 0.4) is 0 Å². The summed E-state index contributed by atoms with van der Waals surface area (Å²) < 4.78 is 0. The number of hydrogen-bond acceptors (Lipinski definition) is 3. The maximum atomic E-state index is 11.7. The molecule has 2 rings (SSSR count). The fraction of sp³-hybridized carbons (Fsp3) is 0.467. The first kappa shape index (κ1) is 15.7. The number of piperidine rings is 1. The van der Waals surface area contributed by atoms with Crippen LogP contribution in [0.1, 0.15) is 23.2 Å². The molecule has 0 bridgehead atoms. The van der Waals surface area contributed by atoms with Gasteiger partial charge < -0.3 is 4.90 Å². The molecular formula is C15H17Br2NO2. The van der Waals surface area contributed by atoms with Crippen LogP contribution in [-0.4, -0.2) is 35.3 Å². The maximum Gasteiger partial charge on any atom is 0.173 e. The molecule has 1 saturated heterocycles. The second kappa shape index (κ2) is 7.36. The summed E-state index contributed by atoms with van der Waals surface area (Å²) in [7, 11) is 0. The van der Waals surface area contributed by atoms with Crippen molar-refractivity contribution in [2.75, 3.05) is 28.6 Å². The highest BCUT2D eigenvalue weighted by Crippen LogP contribution is 2.24. The van der Waals surface area contributed by atoms with E-state index in [1.165, 1.54) is 0 Å². The van der Waals surface area contributed by atoms with Crippen LogP contribution < -0.4 is 4.90 Å². The Hall–Kier alpha value is -0.680. The fourth-order valence-corrected chi connectivity index (χ4v) is 3.29. The Morgan fingerprint density at radius 1 is 1.05 bits per heavy atom. The Morgan fingerprint density at radius 3 is 2.15 bits per heavy atom. The Morgan fingerprint density at radius 2 is 1.65 bits per heavy atom. The molecule has 1 heterocycles. The molecule has 0 aromatic heterocycles. The Bertz CT molecular complexity index is 479. The average molecular weight is 403 g/mol. The molecule has 3 nitrogen and oxygen atoms in total. The summed E-state index contributed by atoms with van der Waals surface area (Å²) in [6, 6.07) is 7.72. The summed E-state index contributed by atoms with van der Waals surface area (Å²) in [6.07, 6.45) is 1.82. The van der Waals surface area contributed by atoms with E-state index < -0.39 is 0 Å². The number of rotatable bonds is 5. The van der Waals surface area contributed by atoms with Gasteiger partial charge in [-0.2, -0.15) is 0 Å². The normalized spacial score (nSPS) is 16.2. The number of Topliss-reactive ketones (excluding diaryl/α,β-unsaturated/α-hetero) is 2. The van der Waals surface area contributed by atoms with Crippen LogP contribution in [0.4, 0.5) is 5.69 Å². The van der Waals surface area contributed by atoms with Crippen molar-refractivity contribution in [3.05, 3.63) is 29.8 Å². The first-order valence-corrected chi connectivity index (χ1v) is 8.93. The van der Waals surface area contributed by atoms with E-state index in [2.05, 4.69) is 36.8 Å². The molecule has 0 spiro atoms. The van der Waals surface area contributed by atoms with Gasteiger partial charge in [0.05, 0.1) is 10.7 Å². The van der Waals surface area contributed by atoms with E-state index in [9.17, 15) is 9.59 Å². The summed E-state index contributed by atoms with van der Waals surface area (Å²) in [5.41, 5.74) is 1.86. The van der Waals surface area contributed by atoms with Crippen LogP contribution in [0, 0.1) is 5.92 Å². The lowest BCUT2D eigenvalue weighted by Crippen LogP contribution is -2.36. The van der Waals surface area contributed by atoms with Gasteiger partial charge in [0.2, 0.25) is 0 Å². The molecule has 1 aromatic carbocycles. The number of benzene rings is 1. The number of hydrogen-bond donors (Lipinski definition) is 0. The maximum absolute atomic E-state index is 11.7. The zero-order chi connectivity index (χ0) is 14.5. The summed E-state index contributed by atoms with van der Waals surface area (Å²) in [4.78, 5) is 25.5. The highest BCUT2D eigenvalue weighted by molar-refractivity contribution is 9.09. The summed E-state index contributed by atoms with van der Waals surface area (Å²) >= 11 is 6.42. The molecule has 0 amide bonds. The fourth-order valence-electron chi connectivity index (χ4n) is 2.50. The summed E-state index contributed by atoms with van der Waals surface area (Å²) in [5, 5.41) is 0.813. The van der Waals surface area contributed by atoms with Crippen LogP contribution >= 0.6 is 31.9 Å². The second-order valence-electron chi connectivity index (χ2n) is 4.96. The first-order chi connectivity index (χ1) is 9.65. The monoisotopic (exact) mass is 401 g/mol. The van der Waals surface area contributed by atoms with Gasteiger partial charge in [-0.1, -0.05) is 31.9 Å². The lowest BCUT2D eigenvalue weighted by Gasteiger charge is -2.32. The number of ketones is 2. The zero-order valence-corrected chi connectivity index (χ0v) is 14.3. The number of carbonyl (C=O) groups is 2. The molecule has 0 atom stereocenters. The van der Waals surface area contributed by atoms with Crippen molar-refractivity contribution in [1.82, 2.24) is 0 Å². The third-order valence-corrected chi connectivity index (χ3v) is 4.82. The molecule has 5 heteroatoms. The molecule has 1 aliphatic heterocycles. The van der Waals surface area contributed by atoms with Gasteiger partial charge in [-0.3, -0.25) is 9.59 Å². The highest BCUT2D eigenvalue weighted by atomic mass is 79.9. The summed E-state index contributed by atoms with van der Waals surface area (Å²) in [6.45, 7) is 1.80. The van der Waals surface area contributed by atoms with E-state index in [-0.39, 0.29) is 11.7 Å². The van der Waals surface area contributed by atoms with E-state index in [0.29, 0.717) is 16.4 Å². The number of alkyl halides is 2. The number of anilines is 1. The van der Waals surface area contributed by atoms with Crippen LogP contribution in [0.5, 0.6) is 0 Å². The third-order valence-electron chi connectivity index (χ3n) is 3.76. The van der Waals surface area contributed by atoms with Gasteiger partial charge in [0.15, 0.2) is 5.78 Å². The minimum Gasteiger partial charge on any atom is -0.371 e. The van der Waals surface area contributed by atoms with Gasteiger partial charge in [0, 0.05) is 30.3 Å². The van der Waals surface area contributed by atoms with Crippen molar-refractivity contribution < 1.29 is 9.59 Å². The Kier molecular flexibility index (Phi) is 5.78. The largest absolute Gasteiger partial charge is 0.371 e. The van der Waals surface area contributed by atoms with E-state index in [1.807, 2.05) is 24.3 Å². The highest BCUT2D eigenvalue weighted by Gasteiger charge is 2.24. The van der Waals surface area contributed by atoms with E-state index in [0.717, 1.165) is 37.2 Å². The van der Waals surface area contributed by atoms with Crippen molar-refractivity contribution >= 4 is 49.1 Å². The van der Waals surface area contributed by atoms with E-state index in [1.54, 1.807) is 0 Å².